The van der Waals surface area contributed by atoms with Crippen molar-refractivity contribution in [2.75, 3.05) is 19.7 Å². The molecular formula is C25H27BrClN3O2. The Hall–Kier alpha value is -2.05. The van der Waals surface area contributed by atoms with E-state index in [1.54, 1.807) is 0 Å². The van der Waals surface area contributed by atoms with Crippen LogP contribution < -0.4 is 0 Å². The number of rotatable bonds is 2. The number of aryl methyl sites for hydroxylation is 3. The molecule has 1 aliphatic heterocycles. The summed E-state index contributed by atoms with van der Waals surface area (Å²) in [5.74, 6) is 0.567. The number of ether oxygens (including phenoxy) is 1. The van der Waals surface area contributed by atoms with Gasteiger partial charge in [0.2, 0.25) is 0 Å². The molecule has 1 saturated heterocycles. The van der Waals surface area contributed by atoms with Gasteiger partial charge >= 0.3 is 6.09 Å². The number of nitrogens with one attached hydrogen (secondary N) is 1. The van der Waals surface area contributed by atoms with Gasteiger partial charge in [0, 0.05) is 41.3 Å². The number of carbonyl (C=O) groups is 1. The molecule has 0 saturated carbocycles. The highest BCUT2D eigenvalue weighted by Crippen LogP contribution is 2.47. The van der Waals surface area contributed by atoms with Crippen LogP contribution in [-0.4, -0.2) is 40.7 Å². The van der Waals surface area contributed by atoms with Gasteiger partial charge in [-0.05, 0) is 95.8 Å². The molecule has 1 amide bonds. The van der Waals surface area contributed by atoms with E-state index in [4.69, 9.17) is 21.3 Å². The fraction of sp³-hybridized carbons (Fsp3) is 0.440. The van der Waals surface area contributed by atoms with Gasteiger partial charge in [-0.1, -0.05) is 11.6 Å². The van der Waals surface area contributed by atoms with Gasteiger partial charge < -0.3 is 14.6 Å². The largest absolute Gasteiger partial charge is 0.450 e. The molecule has 1 fully saturated rings. The zero-order valence-corrected chi connectivity index (χ0v) is 20.7. The summed E-state index contributed by atoms with van der Waals surface area (Å²) in [6, 6.07) is 4.37. The number of benzene rings is 1. The molecular weight excluding hydrogens is 490 g/mol. The summed E-state index contributed by atoms with van der Waals surface area (Å²) in [5, 5.41) is 2.02. The van der Waals surface area contributed by atoms with Crippen molar-refractivity contribution in [1.82, 2.24) is 14.9 Å². The number of amides is 1. The molecule has 3 aromatic rings. The third-order valence-electron chi connectivity index (χ3n) is 7.01. The molecule has 0 bridgehead atoms. The lowest BCUT2D eigenvalue weighted by atomic mass is 9.75. The summed E-state index contributed by atoms with van der Waals surface area (Å²) >= 11 is 10.3. The van der Waals surface area contributed by atoms with Crippen LogP contribution in [0.4, 0.5) is 4.79 Å². The van der Waals surface area contributed by atoms with Crippen molar-refractivity contribution in [1.29, 1.82) is 0 Å². The zero-order chi connectivity index (χ0) is 22.4. The highest BCUT2D eigenvalue weighted by Gasteiger charge is 2.37. The second-order valence-electron chi connectivity index (χ2n) is 8.85. The molecule has 1 aromatic carbocycles. The number of fused-ring (bicyclic) bond motifs is 4. The van der Waals surface area contributed by atoms with E-state index in [1.165, 1.54) is 33.3 Å². The van der Waals surface area contributed by atoms with Crippen LogP contribution in [0.1, 0.15) is 53.6 Å². The molecule has 2 aliphatic rings. The molecule has 0 spiro atoms. The van der Waals surface area contributed by atoms with E-state index in [1.807, 2.05) is 18.0 Å². The number of hydrogen-bond acceptors (Lipinski definition) is 3. The molecule has 1 aliphatic carbocycles. The Morgan fingerprint density at radius 1 is 1.28 bits per heavy atom. The quantitative estimate of drug-likeness (QED) is 0.429. The summed E-state index contributed by atoms with van der Waals surface area (Å²) in [4.78, 5) is 22.5. The number of piperidine rings is 1. The van der Waals surface area contributed by atoms with E-state index in [0.717, 1.165) is 40.7 Å². The van der Waals surface area contributed by atoms with Gasteiger partial charge in [0.1, 0.15) is 0 Å². The van der Waals surface area contributed by atoms with Crippen LogP contribution in [0.3, 0.4) is 0 Å². The van der Waals surface area contributed by atoms with Gasteiger partial charge in [0.25, 0.3) is 0 Å². The van der Waals surface area contributed by atoms with Crippen molar-refractivity contribution in [2.24, 2.45) is 5.92 Å². The Kier molecular flexibility index (Phi) is 5.93. The highest BCUT2D eigenvalue weighted by atomic mass is 79.9. The van der Waals surface area contributed by atoms with Crippen molar-refractivity contribution in [3.05, 3.63) is 62.0 Å². The van der Waals surface area contributed by atoms with Crippen LogP contribution in [0, 0.1) is 12.8 Å². The Labute approximate surface area is 201 Å². The van der Waals surface area contributed by atoms with Crippen molar-refractivity contribution in [2.45, 2.75) is 45.4 Å². The van der Waals surface area contributed by atoms with Gasteiger partial charge in [-0.25, -0.2) is 4.79 Å². The SMILES string of the molecule is CCOC(=O)N1CCC([C@H]2c3ncc(Br)cc3CCc3cc(Cl)c4[nH]cc(C)c4c32)CC1. The van der Waals surface area contributed by atoms with Crippen molar-refractivity contribution in [3.8, 4) is 0 Å². The molecule has 5 nitrogen and oxygen atoms in total. The van der Waals surface area contributed by atoms with E-state index in [-0.39, 0.29) is 12.0 Å². The zero-order valence-electron chi connectivity index (χ0n) is 18.4. The first-order valence-corrected chi connectivity index (χ1v) is 12.5. The van der Waals surface area contributed by atoms with E-state index in [0.29, 0.717) is 25.6 Å². The van der Waals surface area contributed by atoms with Crippen LogP contribution in [0.25, 0.3) is 10.9 Å². The second kappa shape index (κ2) is 8.71. The molecule has 7 heteroatoms. The van der Waals surface area contributed by atoms with Gasteiger partial charge in [-0.15, -0.1) is 0 Å². The van der Waals surface area contributed by atoms with E-state index in [2.05, 4.69) is 46.2 Å². The maximum atomic E-state index is 12.3. The van der Waals surface area contributed by atoms with Crippen molar-refractivity contribution < 1.29 is 9.53 Å². The summed E-state index contributed by atoms with van der Waals surface area (Å²) in [7, 11) is 0. The smallest absolute Gasteiger partial charge is 0.409 e. The minimum Gasteiger partial charge on any atom is -0.450 e. The molecule has 168 valence electrons. The third-order valence-corrected chi connectivity index (χ3v) is 7.74. The van der Waals surface area contributed by atoms with Crippen molar-refractivity contribution in [3.63, 3.8) is 0 Å². The van der Waals surface area contributed by atoms with Gasteiger partial charge in [-0.2, -0.15) is 0 Å². The first-order valence-electron chi connectivity index (χ1n) is 11.3. The molecule has 3 heterocycles. The lowest BCUT2D eigenvalue weighted by Gasteiger charge is -2.36. The molecule has 0 radical (unpaired) electrons. The van der Waals surface area contributed by atoms with Crippen LogP contribution in [0.2, 0.25) is 5.02 Å². The van der Waals surface area contributed by atoms with E-state index >= 15 is 0 Å². The number of aromatic amines is 1. The average molecular weight is 517 g/mol. The predicted octanol–water partition coefficient (Wildman–Crippen LogP) is 6.39. The van der Waals surface area contributed by atoms with E-state index in [9.17, 15) is 4.79 Å². The molecule has 1 N–H and O–H groups in total. The summed E-state index contributed by atoms with van der Waals surface area (Å²) in [5.41, 5.74) is 7.38. The first-order chi connectivity index (χ1) is 15.5. The molecule has 1 atom stereocenters. The number of aromatic nitrogens is 2. The van der Waals surface area contributed by atoms with Crippen LogP contribution in [0.5, 0.6) is 0 Å². The Bertz CT molecular complexity index is 1180. The number of H-pyrrole nitrogens is 1. The predicted molar refractivity (Wildman–Crippen MR) is 131 cm³/mol. The fourth-order valence-electron chi connectivity index (χ4n) is 5.55. The summed E-state index contributed by atoms with van der Waals surface area (Å²) < 4.78 is 6.25. The fourth-order valence-corrected chi connectivity index (χ4v) is 6.21. The first kappa shape index (κ1) is 21.8. The minimum absolute atomic E-state index is 0.175. The molecule has 32 heavy (non-hydrogen) atoms. The average Bonchev–Trinajstić information content (AvgIpc) is 3.10. The van der Waals surface area contributed by atoms with Gasteiger partial charge in [0.05, 0.1) is 22.8 Å². The number of likely N-dealkylation sites (tertiary alicyclic amines) is 1. The lowest BCUT2D eigenvalue weighted by molar-refractivity contribution is 0.0900. The monoisotopic (exact) mass is 515 g/mol. The number of hydrogen-bond donors (Lipinski definition) is 1. The topological polar surface area (TPSA) is 58.2 Å². The molecule has 0 unspecified atom stereocenters. The lowest BCUT2D eigenvalue weighted by Crippen LogP contribution is -2.40. The maximum absolute atomic E-state index is 12.3. The van der Waals surface area contributed by atoms with Crippen LogP contribution in [0.15, 0.2) is 29.0 Å². The third kappa shape index (κ3) is 3.71. The Balaban J connectivity index is 1.62. The molecule has 5 rings (SSSR count). The van der Waals surface area contributed by atoms with Gasteiger partial charge in [-0.3, -0.25) is 4.98 Å². The maximum Gasteiger partial charge on any atom is 0.409 e. The summed E-state index contributed by atoms with van der Waals surface area (Å²) in [6.07, 6.45) is 7.50. The van der Waals surface area contributed by atoms with Gasteiger partial charge in [0.15, 0.2) is 0 Å². The highest BCUT2D eigenvalue weighted by molar-refractivity contribution is 9.10. The minimum atomic E-state index is -0.203. The number of pyridine rings is 1. The normalized spacial score (nSPS) is 18.9. The number of carbonyl (C=O) groups excluding carboxylic acids is 1. The van der Waals surface area contributed by atoms with E-state index < -0.39 is 0 Å². The standard InChI is InChI=1S/C25H27BrClN3O2/c1-3-32-25(31)30-8-6-15(7-9-30)22-21-16(4-5-17-10-18(26)13-29-23(17)22)11-19(27)24-20(21)14(2)12-28-24/h10-13,15,22,28H,3-9H2,1-2H3/t22-/m1/s1. The van der Waals surface area contributed by atoms with Crippen molar-refractivity contribution >= 4 is 44.5 Å². The molecule has 2 aromatic heterocycles. The summed E-state index contributed by atoms with van der Waals surface area (Å²) in [6.45, 7) is 5.83. The number of halogens is 2. The number of nitrogens with zero attached hydrogens (tertiary/aromatic N) is 2. The van der Waals surface area contributed by atoms with Crippen LogP contribution in [-0.2, 0) is 17.6 Å². The Morgan fingerprint density at radius 3 is 2.78 bits per heavy atom. The Morgan fingerprint density at radius 2 is 2.03 bits per heavy atom. The van der Waals surface area contributed by atoms with Crippen LogP contribution >= 0.6 is 27.5 Å². The second-order valence-corrected chi connectivity index (χ2v) is 10.2.